The maximum Gasteiger partial charge on any atom is 0.268 e. The third kappa shape index (κ3) is 3.78. The Morgan fingerprint density at radius 2 is 1.85 bits per heavy atom. The molecular formula is C19H21N3O3S2. The standard InChI is InChI=1S/C19H21N3O3S2/c1-14(21-26(23)19(2,3)4)18-12-15-13-20-11-10-17(15)22(18)27(24,25)16-8-6-5-7-9-16/h5-13H,1-4H3/t26-/m1/s1. The summed E-state index contributed by atoms with van der Waals surface area (Å²) >= 11 is -1.50. The SMILES string of the molecule is CC(=N[S@+]([O-])C(C)(C)C)c1cc2cnccc2n1S(=O)(=O)c1ccccc1. The van der Waals surface area contributed by atoms with Crippen LogP contribution in [0.1, 0.15) is 33.4 Å². The van der Waals surface area contributed by atoms with Crippen LogP contribution in [0.15, 0.2) is 64.2 Å². The molecule has 0 aliphatic carbocycles. The zero-order chi connectivity index (χ0) is 19.8. The van der Waals surface area contributed by atoms with Gasteiger partial charge in [-0.25, -0.2) is 12.4 Å². The molecule has 2 heterocycles. The van der Waals surface area contributed by atoms with Crippen molar-refractivity contribution < 1.29 is 13.0 Å². The molecule has 0 saturated carbocycles. The van der Waals surface area contributed by atoms with Gasteiger partial charge in [-0.05, 0) is 52.0 Å². The Labute approximate surface area is 162 Å². The van der Waals surface area contributed by atoms with E-state index in [1.54, 1.807) is 61.8 Å². The number of nitrogens with zero attached hydrogens (tertiary/aromatic N) is 3. The van der Waals surface area contributed by atoms with Crippen molar-refractivity contribution in [3.63, 3.8) is 0 Å². The number of aromatic nitrogens is 2. The fraction of sp³-hybridized carbons (Fsp3) is 0.263. The molecule has 2 aromatic heterocycles. The van der Waals surface area contributed by atoms with E-state index < -0.39 is 26.1 Å². The zero-order valence-electron chi connectivity index (χ0n) is 15.6. The summed E-state index contributed by atoms with van der Waals surface area (Å²) in [6, 6.07) is 11.6. The van der Waals surface area contributed by atoms with E-state index in [2.05, 4.69) is 9.38 Å². The molecular weight excluding hydrogens is 382 g/mol. The molecule has 0 aliphatic heterocycles. The molecule has 1 atom stereocenters. The summed E-state index contributed by atoms with van der Waals surface area (Å²) < 4.78 is 44.1. The molecule has 0 radical (unpaired) electrons. The second kappa shape index (κ2) is 7.10. The monoisotopic (exact) mass is 403 g/mol. The van der Waals surface area contributed by atoms with Crippen LogP contribution in [0.3, 0.4) is 0 Å². The highest BCUT2D eigenvalue weighted by molar-refractivity contribution is 7.91. The van der Waals surface area contributed by atoms with Gasteiger partial charge < -0.3 is 4.55 Å². The first-order chi connectivity index (χ1) is 12.6. The van der Waals surface area contributed by atoms with Gasteiger partial charge in [-0.1, -0.05) is 22.6 Å². The Kier molecular flexibility index (Phi) is 5.16. The second-order valence-electron chi connectivity index (χ2n) is 7.08. The highest BCUT2D eigenvalue weighted by Crippen LogP contribution is 2.27. The molecule has 0 bridgehead atoms. The van der Waals surface area contributed by atoms with Crippen molar-refractivity contribution in [2.75, 3.05) is 0 Å². The minimum absolute atomic E-state index is 0.172. The van der Waals surface area contributed by atoms with Gasteiger partial charge in [0.2, 0.25) is 0 Å². The lowest BCUT2D eigenvalue weighted by Gasteiger charge is -2.19. The minimum atomic E-state index is -3.86. The number of benzene rings is 1. The topological polar surface area (TPSA) is 87.4 Å². The van der Waals surface area contributed by atoms with Gasteiger partial charge in [-0.15, -0.1) is 0 Å². The Morgan fingerprint density at radius 3 is 2.48 bits per heavy atom. The number of hydrogen-bond donors (Lipinski definition) is 0. The van der Waals surface area contributed by atoms with Gasteiger partial charge in [-0.2, -0.15) is 0 Å². The normalized spacial score (nSPS) is 14.5. The quantitative estimate of drug-likeness (QED) is 0.492. The number of pyridine rings is 1. The van der Waals surface area contributed by atoms with Crippen LogP contribution >= 0.6 is 0 Å². The Bertz CT molecular complexity index is 1100. The summed E-state index contributed by atoms with van der Waals surface area (Å²) in [4.78, 5) is 4.25. The Morgan fingerprint density at radius 1 is 1.19 bits per heavy atom. The van der Waals surface area contributed by atoms with Crippen LogP contribution in [0, 0.1) is 0 Å². The van der Waals surface area contributed by atoms with Crippen LogP contribution < -0.4 is 0 Å². The molecule has 27 heavy (non-hydrogen) atoms. The van der Waals surface area contributed by atoms with E-state index in [9.17, 15) is 13.0 Å². The average Bonchev–Trinajstić information content (AvgIpc) is 3.02. The molecule has 0 aliphatic rings. The smallest absolute Gasteiger partial charge is 0.268 e. The molecule has 0 saturated heterocycles. The molecule has 1 aromatic carbocycles. The molecule has 0 amide bonds. The molecule has 0 spiro atoms. The number of fused-ring (bicyclic) bond motifs is 1. The maximum atomic E-state index is 13.3. The second-order valence-corrected chi connectivity index (χ2v) is 10.8. The van der Waals surface area contributed by atoms with Crippen molar-refractivity contribution in [1.82, 2.24) is 8.96 Å². The Balaban J connectivity index is 2.27. The molecule has 3 rings (SSSR count). The van der Waals surface area contributed by atoms with Gasteiger partial charge in [0.05, 0.1) is 16.1 Å². The van der Waals surface area contributed by atoms with Crippen LogP contribution in [0.25, 0.3) is 10.9 Å². The minimum Gasteiger partial charge on any atom is -0.591 e. The summed E-state index contributed by atoms with van der Waals surface area (Å²) in [5.41, 5.74) is 1.26. The first kappa shape index (κ1) is 19.6. The summed E-state index contributed by atoms with van der Waals surface area (Å²) in [5, 5.41) is 0.670. The lowest BCUT2D eigenvalue weighted by atomic mass is 10.3. The third-order valence-corrected chi connectivity index (χ3v) is 7.18. The van der Waals surface area contributed by atoms with Gasteiger partial charge in [-0.3, -0.25) is 4.98 Å². The van der Waals surface area contributed by atoms with Crippen molar-refractivity contribution in [2.24, 2.45) is 4.40 Å². The fourth-order valence-electron chi connectivity index (χ4n) is 2.55. The summed E-state index contributed by atoms with van der Waals surface area (Å²) in [6.07, 6.45) is 3.15. The van der Waals surface area contributed by atoms with E-state index in [1.807, 2.05) is 20.8 Å². The fourth-order valence-corrected chi connectivity index (χ4v) is 4.74. The van der Waals surface area contributed by atoms with Gasteiger partial charge >= 0.3 is 0 Å². The number of hydrogen-bond acceptors (Lipinski definition) is 5. The predicted octanol–water partition coefficient (Wildman–Crippen LogP) is 3.54. The van der Waals surface area contributed by atoms with Gasteiger partial charge in [0.1, 0.15) is 21.8 Å². The van der Waals surface area contributed by atoms with Crippen LogP contribution in [0.4, 0.5) is 0 Å². The summed E-state index contributed by atoms with van der Waals surface area (Å²) in [5.74, 6) is 0. The van der Waals surface area contributed by atoms with Crippen molar-refractivity contribution in [3.8, 4) is 0 Å². The third-order valence-electron chi connectivity index (χ3n) is 3.95. The Hall–Kier alpha value is -2.16. The molecule has 0 N–H and O–H groups in total. The molecule has 8 heteroatoms. The predicted molar refractivity (Wildman–Crippen MR) is 109 cm³/mol. The maximum absolute atomic E-state index is 13.3. The molecule has 3 aromatic rings. The van der Waals surface area contributed by atoms with Crippen LogP contribution in [0.5, 0.6) is 0 Å². The first-order valence-corrected chi connectivity index (χ1v) is 10.9. The van der Waals surface area contributed by atoms with E-state index in [1.165, 1.54) is 3.97 Å². The van der Waals surface area contributed by atoms with Crippen molar-refractivity contribution in [2.45, 2.75) is 37.3 Å². The number of rotatable bonds is 4. The van der Waals surface area contributed by atoms with Gasteiger partial charge in [0, 0.05) is 17.8 Å². The average molecular weight is 404 g/mol. The van der Waals surface area contributed by atoms with Crippen molar-refractivity contribution in [3.05, 3.63) is 60.6 Å². The first-order valence-electron chi connectivity index (χ1n) is 8.36. The van der Waals surface area contributed by atoms with E-state index in [0.29, 0.717) is 22.3 Å². The van der Waals surface area contributed by atoms with Gasteiger partial charge in [0.25, 0.3) is 10.0 Å². The highest BCUT2D eigenvalue weighted by Gasteiger charge is 2.29. The van der Waals surface area contributed by atoms with E-state index >= 15 is 0 Å². The van der Waals surface area contributed by atoms with Gasteiger partial charge in [0.15, 0.2) is 0 Å². The largest absolute Gasteiger partial charge is 0.591 e. The molecule has 142 valence electrons. The molecule has 0 unspecified atom stereocenters. The zero-order valence-corrected chi connectivity index (χ0v) is 17.2. The summed E-state index contributed by atoms with van der Waals surface area (Å²) in [6.45, 7) is 7.13. The van der Waals surface area contributed by atoms with Crippen LogP contribution in [-0.2, 0) is 21.4 Å². The lowest BCUT2D eigenvalue weighted by Crippen LogP contribution is -2.27. The molecule has 0 fully saturated rings. The van der Waals surface area contributed by atoms with Crippen LogP contribution in [0.2, 0.25) is 0 Å². The van der Waals surface area contributed by atoms with E-state index in [-0.39, 0.29) is 4.90 Å². The van der Waals surface area contributed by atoms with E-state index in [0.717, 1.165) is 0 Å². The summed E-state index contributed by atoms with van der Waals surface area (Å²) in [7, 11) is -3.86. The molecule has 6 nitrogen and oxygen atoms in total. The van der Waals surface area contributed by atoms with Crippen molar-refractivity contribution in [1.29, 1.82) is 0 Å². The lowest BCUT2D eigenvalue weighted by molar-refractivity contribution is 0.561. The van der Waals surface area contributed by atoms with Crippen LogP contribution in [-0.4, -0.2) is 32.4 Å². The highest BCUT2D eigenvalue weighted by atomic mass is 32.2. The van der Waals surface area contributed by atoms with E-state index in [4.69, 9.17) is 0 Å². The van der Waals surface area contributed by atoms with Crippen molar-refractivity contribution >= 4 is 38.0 Å².